The Morgan fingerprint density at radius 2 is 1.04 bits per heavy atom. The summed E-state index contributed by atoms with van der Waals surface area (Å²) in [6.45, 7) is 4.35. The van der Waals surface area contributed by atoms with Crippen LogP contribution in [0.4, 0.5) is 0 Å². The molecule has 0 aliphatic heterocycles. The molecule has 3 rings (SSSR count). The van der Waals surface area contributed by atoms with Crippen LogP contribution in [0, 0.1) is 0 Å². The summed E-state index contributed by atoms with van der Waals surface area (Å²) in [5, 5.41) is 1.43. The Balaban J connectivity index is 2.33. The first-order valence-electron chi connectivity index (χ1n) is 9.09. The molecule has 134 valence electrons. The molecule has 3 aromatic carbocycles. The molecular weight excluding hydrogens is 399 g/mol. The molecule has 0 spiro atoms. The van der Waals surface area contributed by atoms with Gasteiger partial charge in [0.1, 0.15) is 0 Å². The van der Waals surface area contributed by atoms with Gasteiger partial charge < -0.3 is 0 Å². The predicted molar refractivity (Wildman–Crippen MR) is 123 cm³/mol. The number of benzene rings is 3. The number of hydrogen-bond acceptors (Lipinski definition) is 0. The van der Waals surface area contributed by atoms with Gasteiger partial charge in [0.25, 0.3) is 0 Å². The van der Waals surface area contributed by atoms with Crippen LogP contribution in [-0.4, -0.2) is 6.16 Å². The van der Waals surface area contributed by atoms with Crippen molar-refractivity contribution in [2.45, 2.75) is 20.3 Å². The third kappa shape index (κ3) is 3.43. The molecule has 0 aliphatic carbocycles. The average Bonchev–Trinajstić information content (AvgIpc) is 2.70. The van der Waals surface area contributed by atoms with Gasteiger partial charge in [-0.25, -0.2) is 0 Å². The quantitative estimate of drug-likeness (QED) is 0.327. The van der Waals surface area contributed by atoms with Gasteiger partial charge in [-0.15, -0.1) is 0 Å². The second-order valence-corrected chi connectivity index (χ2v) is 16.0. The zero-order chi connectivity index (χ0) is 18.5. The molecule has 0 atom stereocenters. The number of hydrogen-bond donors (Lipinski definition) is 0. The van der Waals surface area contributed by atoms with E-state index in [-0.39, 0.29) is 0 Å². The Morgan fingerprint density at radius 1 is 0.692 bits per heavy atom. The third-order valence-corrected chi connectivity index (χ3v) is 15.0. The Morgan fingerprint density at radius 3 is 1.35 bits per heavy atom. The van der Waals surface area contributed by atoms with Gasteiger partial charge in [0.05, 0.1) is 0 Å². The van der Waals surface area contributed by atoms with E-state index >= 15 is 0 Å². The van der Waals surface area contributed by atoms with Crippen molar-refractivity contribution in [2.75, 3.05) is 6.16 Å². The molecular formula is C24H26BrP. The van der Waals surface area contributed by atoms with Gasteiger partial charge in [-0.2, -0.15) is 0 Å². The van der Waals surface area contributed by atoms with Crippen LogP contribution in [0.2, 0.25) is 0 Å². The molecule has 0 radical (unpaired) electrons. The van der Waals surface area contributed by atoms with E-state index in [1.165, 1.54) is 21.5 Å². The molecule has 0 heterocycles. The Labute approximate surface area is 165 Å². The first-order chi connectivity index (χ1) is 12.6. The summed E-state index contributed by atoms with van der Waals surface area (Å²) in [4.78, 5) is 0. The van der Waals surface area contributed by atoms with Gasteiger partial charge in [-0.3, -0.25) is 0 Å². The zero-order valence-electron chi connectivity index (χ0n) is 15.5. The Kier molecular flexibility index (Phi) is 5.80. The Hall–Kier alpha value is -1.69. The molecule has 0 bridgehead atoms. The summed E-state index contributed by atoms with van der Waals surface area (Å²) in [5.41, 5.74) is 1.37. The van der Waals surface area contributed by atoms with Crippen LogP contribution >= 0.6 is 20.8 Å². The first-order valence-corrected chi connectivity index (χ1v) is 13.5. The van der Waals surface area contributed by atoms with E-state index < -0.39 is 5.31 Å². The Bertz CT molecular complexity index is 766. The van der Waals surface area contributed by atoms with Gasteiger partial charge in [-0.1, -0.05) is 0 Å². The molecule has 0 saturated carbocycles. The maximum absolute atomic E-state index is 4.47. The summed E-state index contributed by atoms with van der Waals surface area (Å²) >= 11 is 4.47. The van der Waals surface area contributed by atoms with Gasteiger partial charge in [-0.05, 0) is 0 Å². The van der Waals surface area contributed by atoms with Crippen LogP contribution in [0.25, 0.3) is 0 Å². The van der Waals surface area contributed by atoms with E-state index in [4.69, 9.17) is 0 Å². The minimum absolute atomic E-state index is 1.05. The van der Waals surface area contributed by atoms with Crippen molar-refractivity contribution >= 4 is 36.7 Å². The summed E-state index contributed by atoms with van der Waals surface area (Å²) in [5.74, 6) is 0. The van der Waals surface area contributed by atoms with E-state index in [1.54, 1.807) is 0 Å². The van der Waals surface area contributed by atoms with Crippen LogP contribution in [0.1, 0.15) is 20.3 Å². The van der Waals surface area contributed by atoms with E-state index in [0.29, 0.717) is 0 Å². The van der Waals surface area contributed by atoms with E-state index in [9.17, 15) is 0 Å². The van der Waals surface area contributed by atoms with Crippen molar-refractivity contribution in [3.8, 4) is 0 Å². The van der Waals surface area contributed by atoms with Crippen LogP contribution in [0.15, 0.2) is 103 Å². The maximum atomic E-state index is 4.47. The predicted octanol–water partition coefficient (Wildman–Crippen LogP) is 6.18. The van der Waals surface area contributed by atoms with Crippen molar-refractivity contribution in [1.29, 1.82) is 0 Å². The molecule has 2 heteroatoms. The second-order valence-electron chi connectivity index (χ2n) is 6.98. The monoisotopic (exact) mass is 424 g/mol. The minimum atomic E-state index is -2.73. The molecule has 0 amide bonds. The normalized spacial score (nSPS) is 12.8. The van der Waals surface area contributed by atoms with Crippen molar-refractivity contribution < 1.29 is 0 Å². The average molecular weight is 425 g/mol. The van der Waals surface area contributed by atoms with Crippen LogP contribution in [-0.2, 0) is 0 Å². The summed E-state index contributed by atoms with van der Waals surface area (Å²) < 4.78 is 0. The van der Waals surface area contributed by atoms with Gasteiger partial charge >= 0.3 is 166 Å². The number of allylic oxidation sites excluding steroid dienone is 2. The standard InChI is InChI=1S/C24H26BrP/c1-21(2)13-12-20-26(25,22-14-6-3-7-15-22,23-16-8-4-9-17-23)24-18-10-5-11-19-24/h3-11,13-19H,12,20H2,1-2H3. The molecule has 0 N–H and O–H groups in total. The van der Waals surface area contributed by atoms with E-state index in [1.807, 2.05) is 0 Å². The molecule has 0 aliphatic rings. The fourth-order valence-corrected chi connectivity index (χ4v) is 11.1. The topological polar surface area (TPSA) is 0 Å². The molecule has 0 nitrogen and oxygen atoms in total. The number of rotatable bonds is 6. The third-order valence-electron chi connectivity index (χ3n) is 4.99. The van der Waals surface area contributed by atoms with E-state index in [2.05, 4.69) is 126 Å². The van der Waals surface area contributed by atoms with Crippen LogP contribution < -0.4 is 15.9 Å². The summed E-state index contributed by atoms with van der Waals surface area (Å²) in [6, 6.07) is 33.0. The van der Waals surface area contributed by atoms with Crippen molar-refractivity contribution in [3.05, 3.63) is 103 Å². The van der Waals surface area contributed by atoms with Crippen molar-refractivity contribution in [1.82, 2.24) is 0 Å². The van der Waals surface area contributed by atoms with Crippen molar-refractivity contribution in [3.63, 3.8) is 0 Å². The number of halogens is 1. The molecule has 0 unspecified atom stereocenters. The van der Waals surface area contributed by atoms with Gasteiger partial charge in [0.15, 0.2) is 0 Å². The second kappa shape index (κ2) is 7.91. The van der Waals surface area contributed by atoms with Crippen LogP contribution in [0.5, 0.6) is 0 Å². The zero-order valence-corrected chi connectivity index (χ0v) is 18.0. The van der Waals surface area contributed by atoms with Crippen molar-refractivity contribution in [2.24, 2.45) is 0 Å². The van der Waals surface area contributed by atoms with E-state index in [0.717, 1.165) is 12.6 Å². The molecule has 26 heavy (non-hydrogen) atoms. The summed E-state index contributed by atoms with van der Waals surface area (Å²) in [7, 11) is 0. The molecule has 3 aromatic rings. The fraction of sp³-hybridized carbons (Fsp3) is 0.167. The SMILES string of the molecule is CC(C)=CCCP(Br)(c1ccccc1)(c1ccccc1)c1ccccc1. The molecule has 0 saturated heterocycles. The fourth-order valence-electron chi connectivity index (χ4n) is 3.65. The van der Waals surface area contributed by atoms with Crippen LogP contribution in [0.3, 0.4) is 0 Å². The van der Waals surface area contributed by atoms with Gasteiger partial charge in [0, 0.05) is 0 Å². The summed E-state index contributed by atoms with van der Waals surface area (Å²) in [6.07, 6.45) is 4.47. The molecule has 0 fully saturated rings. The molecule has 0 aromatic heterocycles. The van der Waals surface area contributed by atoms with Gasteiger partial charge in [0.2, 0.25) is 0 Å². The first kappa shape index (κ1) is 19.1.